The zero-order valence-corrected chi connectivity index (χ0v) is 12.1. The van der Waals surface area contributed by atoms with E-state index >= 15 is 0 Å². The molecule has 1 amide bonds. The summed E-state index contributed by atoms with van der Waals surface area (Å²) in [5, 5.41) is 0. The topological polar surface area (TPSA) is 62.5 Å². The highest BCUT2D eigenvalue weighted by molar-refractivity contribution is 5.94. The molecule has 1 saturated heterocycles. The van der Waals surface area contributed by atoms with Crippen LogP contribution in [0.25, 0.3) is 0 Å². The molecule has 0 spiro atoms. The number of amides is 1. The Kier molecular flexibility index (Phi) is 3.91. The Balaban J connectivity index is 1.62. The highest BCUT2D eigenvalue weighted by Gasteiger charge is 2.22. The van der Waals surface area contributed by atoms with Crippen LogP contribution in [0.1, 0.15) is 10.4 Å². The van der Waals surface area contributed by atoms with Gasteiger partial charge in [-0.05, 0) is 36.4 Å². The van der Waals surface area contributed by atoms with Crippen LogP contribution in [-0.2, 0) is 0 Å². The minimum atomic E-state index is -0.242. The summed E-state index contributed by atoms with van der Waals surface area (Å²) in [6.45, 7) is 2.70. The molecule has 2 heterocycles. The number of carbonyl (C=O) groups excluding carboxylic acids is 1. The molecule has 1 fully saturated rings. The molecule has 0 radical (unpaired) electrons. The molecule has 3 rings (SSSR count). The number of nitrogen functional groups attached to an aromatic ring is 1. The van der Waals surface area contributed by atoms with Gasteiger partial charge in [0, 0.05) is 38.1 Å². The van der Waals surface area contributed by atoms with Gasteiger partial charge in [0.15, 0.2) is 0 Å². The second-order valence-corrected chi connectivity index (χ2v) is 5.23. The molecule has 0 aliphatic carbocycles. The lowest BCUT2D eigenvalue weighted by molar-refractivity contribution is 0.0746. The number of rotatable bonds is 2. The largest absolute Gasteiger partial charge is 0.384 e. The van der Waals surface area contributed by atoms with Crippen LogP contribution in [0, 0.1) is 5.82 Å². The molecule has 2 N–H and O–H groups in total. The van der Waals surface area contributed by atoms with E-state index in [1.807, 2.05) is 0 Å². The van der Waals surface area contributed by atoms with Gasteiger partial charge in [0.2, 0.25) is 0 Å². The molecule has 0 saturated carbocycles. The van der Waals surface area contributed by atoms with Gasteiger partial charge in [0.1, 0.15) is 11.6 Å². The maximum atomic E-state index is 13.0. The molecule has 0 bridgehead atoms. The number of pyridine rings is 1. The molecule has 1 aliphatic heterocycles. The van der Waals surface area contributed by atoms with E-state index in [9.17, 15) is 9.18 Å². The van der Waals surface area contributed by atoms with E-state index in [4.69, 9.17) is 5.73 Å². The van der Waals surface area contributed by atoms with Gasteiger partial charge >= 0.3 is 0 Å². The minimum absolute atomic E-state index is 0.0359. The van der Waals surface area contributed by atoms with E-state index in [1.54, 1.807) is 29.2 Å². The Hall–Kier alpha value is -2.63. The quantitative estimate of drug-likeness (QED) is 0.918. The van der Waals surface area contributed by atoms with E-state index in [0.29, 0.717) is 24.5 Å². The number of nitrogens with zero attached hydrogens (tertiary/aromatic N) is 3. The summed E-state index contributed by atoms with van der Waals surface area (Å²) in [6.07, 6.45) is 1.50. The normalized spacial score (nSPS) is 15.0. The molecular formula is C16H17FN4O. The van der Waals surface area contributed by atoms with Crippen LogP contribution >= 0.6 is 0 Å². The second-order valence-electron chi connectivity index (χ2n) is 5.23. The fourth-order valence-corrected chi connectivity index (χ4v) is 2.53. The number of hydrogen-bond donors (Lipinski definition) is 1. The Bertz CT molecular complexity index is 649. The van der Waals surface area contributed by atoms with Crippen molar-refractivity contribution in [2.24, 2.45) is 0 Å². The number of aromatic nitrogens is 1. The predicted octanol–water partition coefficient (Wildman–Crippen LogP) is 1.77. The minimum Gasteiger partial charge on any atom is -0.384 e. The Morgan fingerprint density at radius 1 is 1.05 bits per heavy atom. The lowest BCUT2D eigenvalue weighted by Crippen LogP contribution is -2.48. The lowest BCUT2D eigenvalue weighted by Gasteiger charge is -2.36. The van der Waals surface area contributed by atoms with Gasteiger partial charge in [0.25, 0.3) is 5.91 Å². The highest BCUT2D eigenvalue weighted by Crippen LogP contribution is 2.18. The van der Waals surface area contributed by atoms with E-state index in [0.717, 1.165) is 18.8 Å². The van der Waals surface area contributed by atoms with Crippen molar-refractivity contribution < 1.29 is 9.18 Å². The van der Waals surface area contributed by atoms with Crippen LogP contribution < -0.4 is 10.6 Å². The monoisotopic (exact) mass is 300 g/mol. The van der Waals surface area contributed by atoms with Gasteiger partial charge in [-0.25, -0.2) is 9.37 Å². The number of carbonyl (C=O) groups is 1. The summed E-state index contributed by atoms with van der Waals surface area (Å²) in [5.74, 6) is 0.123. The van der Waals surface area contributed by atoms with Crippen molar-refractivity contribution in [2.45, 2.75) is 0 Å². The van der Waals surface area contributed by atoms with Crippen molar-refractivity contribution in [2.75, 3.05) is 36.8 Å². The summed E-state index contributed by atoms with van der Waals surface area (Å²) in [5.41, 5.74) is 7.05. The molecule has 1 aliphatic rings. The van der Waals surface area contributed by atoms with Gasteiger partial charge in [-0.15, -0.1) is 0 Å². The molecular weight excluding hydrogens is 283 g/mol. The SMILES string of the molecule is Nc1ccc(C(=O)N2CCN(c3ccc(F)cc3)CC2)cn1. The molecule has 22 heavy (non-hydrogen) atoms. The van der Waals surface area contributed by atoms with Gasteiger partial charge in [-0.2, -0.15) is 0 Å². The first-order chi connectivity index (χ1) is 10.6. The van der Waals surface area contributed by atoms with E-state index in [1.165, 1.54) is 18.3 Å². The Morgan fingerprint density at radius 3 is 2.32 bits per heavy atom. The first-order valence-corrected chi connectivity index (χ1v) is 7.15. The van der Waals surface area contributed by atoms with Crippen molar-refractivity contribution in [1.29, 1.82) is 0 Å². The number of anilines is 2. The van der Waals surface area contributed by atoms with Gasteiger partial charge in [0.05, 0.1) is 5.56 Å². The molecule has 1 aromatic heterocycles. The maximum absolute atomic E-state index is 13.0. The van der Waals surface area contributed by atoms with Crippen LogP contribution in [0.3, 0.4) is 0 Å². The van der Waals surface area contributed by atoms with E-state index < -0.39 is 0 Å². The summed E-state index contributed by atoms with van der Waals surface area (Å²) in [7, 11) is 0. The molecule has 0 atom stereocenters. The average molecular weight is 300 g/mol. The third-order valence-corrected chi connectivity index (χ3v) is 3.79. The van der Waals surface area contributed by atoms with Crippen molar-refractivity contribution in [3.05, 3.63) is 54.0 Å². The first kappa shape index (κ1) is 14.3. The third kappa shape index (κ3) is 3.00. The summed E-state index contributed by atoms with van der Waals surface area (Å²) >= 11 is 0. The second kappa shape index (κ2) is 6.01. The number of piperazine rings is 1. The van der Waals surface area contributed by atoms with Crippen LogP contribution in [0.5, 0.6) is 0 Å². The molecule has 0 unspecified atom stereocenters. The van der Waals surface area contributed by atoms with E-state index in [2.05, 4.69) is 9.88 Å². The fraction of sp³-hybridized carbons (Fsp3) is 0.250. The Morgan fingerprint density at radius 2 is 1.73 bits per heavy atom. The standard InChI is InChI=1S/C16H17FN4O/c17-13-2-4-14(5-3-13)20-7-9-21(10-8-20)16(22)12-1-6-15(18)19-11-12/h1-6,11H,7-10H2,(H2,18,19). The average Bonchev–Trinajstić information content (AvgIpc) is 2.56. The first-order valence-electron chi connectivity index (χ1n) is 7.15. The van der Waals surface area contributed by atoms with E-state index in [-0.39, 0.29) is 11.7 Å². The summed E-state index contributed by atoms with van der Waals surface area (Å²) < 4.78 is 13.0. The van der Waals surface area contributed by atoms with Gasteiger partial charge in [-0.1, -0.05) is 0 Å². The molecule has 5 nitrogen and oxygen atoms in total. The predicted molar refractivity (Wildman–Crippen MR) is 83.2 cm³/mol. The number of benzene rings is 1. The smallest absolute Gasteiger partial charge is 0.255 e. The maximum Gasteiger partial charge on any atom is 0.255 e. The van der Waals surface area contributed by atoms with Crippen LogP contribution in [0.4, 0.5) is 15.9 Å². The molecule has 2 aromatic rings. The molecule has 6 heteroatoms. The zero-order valence-electron chi connectivity index (χ0n) is 12.1. The van der Waals surface area contributed by atoms with Crippen LogP contribution in [0.2, 0.25) is 0 Å². The fourth-order valence-electron chi connectivity index (χ4n) is 2.53. The highest BCUT2D eigenvalue weighted by atomic mass is 19.1. The third-order valence-electron chi connectivity index (χ3n) is 3.79. The number of hydrogen-bond acceptors (Lipinski definition) is 4. The zero-order chi connectivity index (χ0) is 15.5. The van der Waals surface area contributed by atoms with Gasteiger partial charge < -0.3 is 15.5 Å². The Labute approximate surface area is 128 Å². The van der Waals surface area contributed by atoms with Crippen molar-refractivity contribution in [3.63, 3.8) is 0 Å². The van der Waals surface area contributed by atoms with Crippen LogP contribution in [-0.4, -0.2) is 42.0 Å². The number of nitrogens with two attached hydrogens (primary N) is 1. The van der Waals surface area contributed by atoms with Crippen molar-refractivity contribution in [3.8, 4) is 0 Å². The van der Waals surface area contributed by atoms with Crippen molar-refractivity contribution >= 4 is 17.4 Å². The summed E-state index contributed by atoms with van der Waals surface area (Å²) in [4.78, 5) is 20.3. The van der Waals surface area contributed by atoms with Crippen molar-refractivity contribution in [1.82, 2.24) is 9.88 Å². The van der Waals surface area contributed by atoms with Gasteiger partial charge in [-0.3, -0.25) is 4.79 Å². The summed E-state index contributed by atoms with van der Waals surface area (Å²) in [6, 6.07) is 9.74. The van der Waals surface area contributed by atoms with Crippen LogP contribution in [0.15, 0.2) is 42.6 Å². The number of halogens is 1. The lowest BCUT2D eigenvalue weighted by atomic mass is 10.2. The molecule has 114 valence electrons. The molecule has 1 aromatic carbocycles.